The molecule has 0 radical (unpaired) electrons. The smallest absolute Gasteiger partial charge is 0.325 e. The van der Waals surface area contributed by atoms with E-state index in [-0.39, 0.29) is 6.04 Å². The zero-order valence-corrected chi connectivity index (χ0v) is 20.3. The van der Waals surface area contributed by atoms with Crippen molar-refractivity contribution in [1.82, 2.24) is 15.2 Å². The van der Waals surface area contributed by atoms with Gasteiger partial charge in [0.1, 0.15) is 35.1 Å². The molecule has 5 rings (SSSR count). The van der Waals surface area contributed by atoms with Crippen molar-refractivity contribution in [2.45, 2.75) is 31.8 Å². The van der Waals surface area contributed by atoms with Gasteiger partial charge in [0.15, 0.2) is 0 Å². The van der Waals surface area contributed by atoms with Crippen molar-refractivity contribution in [2.24, 2.45) is 5.10 Å². The Bertz CT molecular complexity index is 1310. The lowest BCUT2D eigenvalue weighted by Crippen LogP contribution is -2.43. The number of nitrogens with one attached hydrogen (secondary N) is 1. The normalized spacial score (nSPS) is 21.9. The first kappa shape index (κ1) is 22.9. The molecule has 1 N–H and O–H groups in total. The summed E-state index contributed by atoms with van der Waals surface area (Å²) in [6, 6.07) is 13.4. The molecule has 4 heterocycles. The third-order valence-corrected chi connectivity index (χ3v) is 7.27. The predicted molar refractivity (Wildman–Crippen MR) is 129 cm³/mol. The van der Waals surface area contributed by atoms with E-state index in [1.54, 1.807) is 38.3 Å². The summed E-state index contributed by atoms with van der Waals surface area (Å²) in [5.41, 5.74) is -0.0510. The molecule has 1 fully saturated rings. The van der Waals surface area contributed by atoms with Crippen molar-refractivity contribution in [3.8, 4) is 5.75 Å². The Kier molecular flexibility index (Phi) is 5.68. The van der Waals surface area contributed by atoms with E-state index in [2.05, 4.69) is 10.4 Å². The highest BCUT2D eigenvalue weighted by Gasteiger charge is 2.50. The van der Waals surface area contributed by atoms with Crippen LogP contribution in [0.15, 0.2) is 63.4 Å². The van der Waals surface area contributed by atoms with E-state index in [1.165, 1.54) is 16.3 Å². The zero-order chi connectivity index (χ0) is 24.7. The lowest BCUT2D eigenvalue weighted by Gasteiger charge is -2.24. The van der Waals surface area contributed by atoms with E-state index in [9.17, 15) is 14.4 Å². The average Bonchev–Trinajstić information content (AvgIpc) is 3.64. The topological polar surface area (TPSA) is 104 Å². The summed E-state index contributed by atoms with van der Waals surface area (Å²) >= 11 is 1.52. The number of carbonyl (C=O) groups is 3. The number of nitrogens with zero attached hydrogens (tertiary/aromatic N) is 3. The van der Waals surface area contributed by atoms with E-state index in [4.69, 9.17) is 9.15 Å². The van der Waals surface area contributed by atoms with Crippen molar-refractivity contribution in [3.63, 3.8) is 0 Å². The number of imide groups is 1. The molecule has 0 saturated carbocycles. The maximum atomic E-state index is 13.4. The highest BCUT2D eigenvalue weighted by molar-refractivity contribution is 7.10. The summed E-state index contributed by atoms with van der Waals surface area (Å²) in [7, 11) is 1.55. The van der Waals surface area contributed by atoms with Crippen LogP contribution in [0.4, 0.5) is 4.79 Å². The van der Waals surface area contributed by atoms with Crippen molar-refractivity contribution in [3.05, 3.63) is 75.9 Å². The van der Waals surface area contributed by atoms with Crippen LogP contribution in [0.5, 0.6) is 5.75 Å². The molecule has 1 saturated heterocycles. The molecule has 1 aromatic carbocycles. The molecule has 0 spiro atoms. The van der Waals surface area contributed by atoms with Gasteiger partial charge in [0.2, 0.25) is 0 Å². The zero-order valence-electron chi connectivity index (χ0n) is 19.5. The molecule has 2 aliphatic rings. The number of urea groups is 1. The molecular weight excluding hydrogens is 468 g/mol. The lowest BCUT2D eigenvalue weighted by molar-refractivity contribution is -0.139. The third-order valence-electron chi connectivity index (χ3n) is 6.30. The number of amides is 4. The van der Waals surface area contributed by atoms with Gasteiger partial charge in [-0.3, -0.25) is 14.5 Å². The molecule has 0 bridgehead atoms. The number of aryl methyl sites for hydroxylation is 1. The first-order chi connectivity index (χ1) is 16.8. The number of hydrogen-bond acceptors (Lipinski definition) is 7. The standard InChI is InChI=1S/C25H24N4O5S/c1-15-6-11-20(34-15)18-13-19(21-5-4-12-35-21)29(27-18)22(30)14-28-23(31)25(2,26-24(28)32)16-7-9-17(33-3)10-8-16/h4-12,19H,13-14H2,1-3H3,(H,26,32)/t19-,25-/m0/s1. The van der Waals surface area contributed by atoms with E-state index >= 15 is 0 Å². The molecule has 2 aromatic heterocycles. The molecule has 2 atom stereocenters. The number of thiophene rings is 1. The van der Waals surface area contributed by atoms with Gasteiger partial charge in [-0.05, 0) is 55.1 Å². The molecular formula is C25H24N4O5S. The Balaban J connectivity index is 1.39. The number of hydrogen-bond donors (Lipinski definition) is 1. The van der Waals surface area contributed by atoms with Crippen molar-refractivity contribution < 1.29 is 23.5 Å². The summed E-state index contributed by atoms with van der Waals surface area (Å²) in [6.07, 6.45) is 0.475. The predicted octanol–water partition coefficient (Wildman–Crippen LogP) is 3.80. The Morgan fingerprint density at radius 3 is 2.63 bits per heavy atom. The van der Waals surface area contributed by atoms with Gasteiger partial charge in [0.25, 0.3) is 11.8 Å². The van der Waals surface area contributed by atoms with Gasteiger partial charge in [0.05, 0.1) is 13.2 Å². The van der Waals surface area contributed by atoms with Crippen molar-refractivity contribution in [2.75, 3.05) is 13.7 Å². The molecule has 0 aliphatic carbocycles. The number of methoxy groups -OCH3 is 1. The maximum absolute atomic E-state index is 13.4. The van der Waals surface area contributed by atoms with Gasteiger partial charge >= 0.3 is 6.03 Å². The van der Waals surface area contributed by atoms with Crippen LogP contribution in [0.1, 0.15) is 41.3 Å². The molecule has 10 heteroatoms. The fourth-order valence-electron chi connectivity index (χ4n) is 4.35. The summed E-state index contributed by atoms with van der Waals surface area (Å²) in [4.78, 5) is 41.4. The second-order valence-corrected chi connectivity index (χ2v) is 9.58. The monoisotopic (exact) mass is 492 g/mol. The van der Waals surface area contributed by atoms with E-state index < -0.39 is 29.9 Å². The minimum Gasteiger partial charge on any atom is -0.497 e. The van der Waals surface area contributed by atoms with Gasteiger partial charge in [-0.2, -0.15) is 5.10 Å². The van der Waals surface area contributed by atoms with E-state index in [1.807, 2.05) is 36.6 Å². The second-order valence-electron chi connectivity index (χ2n) is 8.61. The largest absolute Gasteiger partial charge is 0.497 e. The van der Waals surface area contributed by atoms with Crippen LogP contribution in [0.3, 0.4) is 0 Å². The number of rotatable bonds is 6. The molecule has 35 heavy (non-hydrogen) atoms. The Morgan fingerprint density at radius 2 is 2.00 bits per heavy atom. The highest BCUT2D eigenvalue weighted by atomic mass is 32.1. The maximum Gasteiger partial charge on any atom is 0.325 e. The second kappa shape index (κ2) is 8.70. The van der Waals surface area contributed by atoms with Gasteiger partial charge in [-0.15, -0.1) is 11.3 Å². The summed E-state index contributed by atoms with van der Waals surface area (Å²) in [5, 5.41) is 10.6. The minimum atomic E-state index is -1.29. The Labute approximate surface area is 206 Å². The van der Waals surface area contributed by atoms with Crippen LogP contribution in [-0.2, 0) is 15.1 Å². The van der Waals surface area contributed by atoms with Gasteiger partial charge in [-0.1, -0.05) is 18.2 Å². The Morgan fingerprint density at radius 1 is 1.23 bits per heavy atom. The highest BCUT2D eigenvalue weighted by Crippen LogP contribution is 2.36. The van der Waals surface area contributed by atoms with Crippen LogP contribution in [0, 0.1) is 6.92 Å². The summed E-state index contributed by atoms with van der Waals surface area (Å²) in [6.45, 7) is 3.04. The van der Waals surface area contributed by atoms with Gasteiger partial charge < -0.3 is 14.5 Å². The van der Waals surface area contributed by atoms with Gasteiger partial charge in [-0.25, -0.2) is 9.80 Å². The average molecular weight is 493 g/mol. The van der Waals surface area contributed by atoms with Crippen molar-refractivity contribution in [1.29, 1.82) is 0 Å². The number of furan rings is 1. The Hall–Kier alpha value is -3.92. The summed E-state index contributed by atoms with van der Waals surface area (Å²) in [5.74, 6) is 1.02. The van der Waals surface area contributed by atoms with Crippen molar-refractivity contribution >= 4 is 34.9 Å². The quantitative estimate of drug-likeness (QED) is 0.527. The SMILES string of the molecule is COc1ccc([C@]2(C)NC(=O)N(CC(=O)N3N=C(c4ccc(C)o4)C[C@H]3c3cccs3)C2=O)cc1. The number of ether oxygens (including phenoxy) is 1. The molecule has 2 aliphatic heterocycles. The number of carbonyl (C=O) groups excluding carboxylic acids is 3. The molecule has 0 unspecified atom stereocenters. The van der Waals surface area contributed by atoms with Crippen LogP contribution in [0.25, 0.3) is 0 Å². The molecule has 3 aromatic rings. The fraction of sp³-hybridized carbons (Fsp3) is 0.280. The number of hydrazone groups is 1. The molecule has 180 valence electrons. The van der Waals surface area contributed by atoms with Gasteiger partial charge in [0, 0.05) is 11.3 Å². The third kappa shape index (κ3) is 3.99. The summed E-state index contributed by atoms with van der Waals surface area (Å²) < 4.78 is 10.9. The molecule has 9 nitrogen and oxygen atoms in total. The first-order valence-electron chi connectivity index (χ1n) is 11.1. The minimum absolute atomic E-state index is 0.336. The van der Waals surface area contributed by atoms with E-state index in [0.717, 1.165) is 15.5 Å². The number of benzene rings is 1. The fourth-order valence-corrected chi connectivity index (χ4v) is 5.16. The lowest BCUT2D eigenvalue weighted by atomic mass is 9.92. The van der Waals surface area contributed by atoms with Crippen LogP contribution >= 0.6 is 11.3 Å². The van der Waals surface area contributed by atoms with Crippen LogP contribution in [0.2, 0.25) is 0 Å². The first-order valence-corrected chi connectivity index (χ1v) is 12.0. The molecule has 4 amide bonds. The van der Waals surface area contributed by atoms with Crippen LogP contribution in [-0.4, -0.2) is 47.1 Å². The van der Waals surface area contributed by atoms with E-state index in [0.29, 0.717) is 29.2 Å². The van der Waals surface area contributed by atoms with Crippen LogP contribution < -0.4 is 10.1 Å².